The lowest BCUT2D eigenvalue weighted by atomic mass is 10.2. The molecule has 0 fully saturated rings. The van der Waals surface area contributed by atoms with Crippen molar-refractivity contribution in [3.8, 4) is 5.75 Å². The standard InChI is InChI=1S/C18H14Br2ClN3O2/c1-2-3-16-23-15-5-4-11(19)8-12(15)18(26)24(16)22-9-10-6-13(20)17(25)14(21)7-10/h4-9,25H,2-3H2,1H3. The minimum atomic E-state index is -0.236. The number of fused-ring (bicyclic) bond motifs is 1. The molecule has 0 aliphatic rings. The van der Waals surface area contributed by atoms with Crippen LogP contribution >= 0.6 is 43.5 Å². The molecule has 5 nitrogen and oxygen atoms in total. The predicted molar refractivity (Wildman–Crippen MR) is 112 cm³/mol. The number of phenolic OH excluding ortho intramolecular Hbond substituents is 1. The van der Waals surface area contributed by atoms with Gasteiger partial charge in [0, 0.05) is 10.9 Å². The van der Waals surface area contributed by atoms with Crippen LogP contribution in [0.4, 0.5) is 0 Å². The molecule has 0 unspecified atom stereocenters. The Labute approximate surface area is 171 Å². The molecule has 26 heavy (non-hydrogen) atoms. The van der Waals surface area contributed by atoms with Gasteiger partial charge in [0.25, 0.3) is 5.56 Å². The summed E-state index contributed by atoms with van der Waals surface area (Å²) >= 11 is 12.6. The van der Waals surface area contributed by atoms with E-state index in [-0.39, 0.29) is 16.3 Å². The van der Waals surface area contributed by atoms with Crippen molar-refractivity contribution in [1.29, 1.82) is 0 Å². The first-order valence-corrected chi connectivity index (χ1v) is 9.80. The fourth-order valence-corrected chi connectivity index (χ4v) is 3.66. The molecule has 0 bridgehead atoms. The summed E-state index contributed by atoms with van der Waals surface area (Å²) in [6.07, 6.45) is 2.97. The van der Waals surface area contributed by atoms with Gasteiger partial charge < -0.3 is 5.11 Å². The summed E-state index contributed by atoms with van der Waals surface area (Å²) in [5.41, 5.74) is 1.05. The number of hydrogen-bond donors (Lipinski definition) is 1. The molecule has 0 aliphatic heterocycles. The zero-order valence-electron chi connectivity index (χ0n) is 13.7. The number of rotatable bonds is 4. The molecule has 1 heterocycles. The van der Waals surface area contributed by atoms with Crippen LogP contribution in [0.25, 0.3) is 10.9 Å². The number of aromatic nitrogens is 2. The lowest BCUT2D eigenvalue weighted by Crippen LogP contribution is -2.22. The Morgan fingerprint density at radius 2 is 2.08 bits per heavy atom. The summed E-state index contributed by atoms with van der Waals surface area (Å²) in [4.78, 5) is 17.5. The van der Waals surface area contributed by atoms with Gasteiger partial charge in [0.05, 0.1) is 26.6 Å². The van der Waals surface area contributed by atoms with Crippen molar-refractivity contribution < 1.29 is 5.11 Å². The van der Waals surface area contributed by atoms with Crippen LogP contribution < -0.4 is 5.56 Å². The van der Waals surface area contributed by atoms with Gasteiger partial charge in [-0.3, -0.25) is 4.79 Å². The molecule has 1 aromatic heterocycles. The average molecular weight is 500 g/mol. The van der Waals surface area contributed by atoms with E-state index in [2.05, 4.69) is 41.9 Å². The van der Waals surface area contributed by atoms with Crippen LogP contribution in [0.5, 0.6) is 5.75 Å². The molecule has 0 spiro atoms. The van der Waals surface area contributed by atoms with E-state index in [1.165, 1.54) is 10.9 Å². The van der Waals surface area contributed by atoms with Gasteiger partial charge in [0.1, 0.15) is 11.6 Å². The Morgan fingerprint density at radius 1 is 1.31 bits per heavy atom. The van der Waals surface area contributed by atoms with E-state index in [1.54, 1.807) is 18.2 Å². The van der Waals surface area contributed by atoms with E-state index in [4.69, 9.17) is 11.6 Å². The van der Waals surface area contributed by atoms with Crippen molar-refractivity contribution in [3.63, 3.8) is 0 Å². The number of aryl methyl sites for hydroxylation is 1. The van der Waals surface area contributed by atoms with E-state index in [1.807, 2.05) is 19.1 Å². The quantitative estimate of drug-likeness (QED) is 0.507. The first-order valence-electron chi connectivity index (χ1n) is 7.84. The van der Waals surface area contributed by atoms with Crippen molar-refractivity contribution in [1.82, 2.24) is 9.66 Å². The van der Waals surface area contributed by atoms with Crippen LogP contribution in [0.2, 0.25) is 5.02 Å². The number of phenols is 1. The molecule has 0 atom stereocenters. The second-order valence-electron chi connectivity index (χ2n) is 5.63. The number of aromatic hydroxyl groups is 1. The summed E-state index contributed by atoms with van der Waals surface area (Å²) in [6, 6.07) is 8.64. The van der Waals surface area contributed by atoms with Gasteiger partial charge in [0.15, 0.2) is 0 Å². The molecule has 0 saturated heterocycles. The Bertz CT molecular complexity index is 1060. The van der Waals surface area contributed by atoms with Crippen LogP contribution in [0, 0.1) is 0 Å². The maximum absolute atomic E-state index is 12.9. The summed E-state index contributed by atoms with van der Waals surface area (Å²) in [7, 11) is 0. The first-order chi connectivity index (χ1) is 12.4. The first kappa shape index (κ1) is 19.1. The molecule has 134 valence electrons. The molecule has 3 aromatic rings. The minimum Gasteiger partial charge on any atom is -0.505 e. The van der Waals surface area contributed by atoms with Gasteiger partial charge in [-0.25, -0.2) is 4.98 Å². The van der Waals surface area contributed by atoms with Crippen molar-refractivity contribution in [3.05, 3.63) is 66.0 Å². The zero-order valence-corrected chi connectivity index (χ0v) is 17.6. The summed E-state index contributed by atoms with van der Waals surface area (Å²) in [6.45, 7) is 2.02. The van der Waals surface area contributed by atoms with Crippen LogP contribution in [-0.2, 0) is 6.42 Å². The molecule has 2 aromatic carbocycles. The largest absolute Gasteiger partial charge is 0.505 e. The second-order valence-corrected chi connectivity index (χ2v) is 7.81. The van der Waals surface area contributed by atoms with E-state index in [0.29, 0.717) is 33.2 Å². The third-order valence-corrected chi connectivity index (χ3v) is 5.10. The topological polar surface area (TPSA) is 67.5 Å². The van der Waals surface area contributed by atoms with Crippen LogP contribution in [0.15, 0.2) is 49.2 Å². The van der Waals surface area contributed by atoms with Gasteiger partial charge in [-0.05, 0) is 58.2 Å². The van der Waals surface area contributed by atoms with Crippen molar-refractivity contribution in [2.75, 3.05) is 0 Å². The SMILES string of the molecule is CCCc1nc2ccc(Br)cc2c(=O)n1N=Cc1cc(Cl)c(O)c(Br)c1. The molecule has 0 saturated carbocycles. The molecule has 0 radical (unpaired) electrons. The third-order valence-electron chi connectivity index (χ3n) is 3.71. The van der Waals surface area contributed by atoms with Crippen molar-refractivity contribution in [2.45, 2.75) is 19.8 Å². The summed E-state index contributed by atoms with van der Waals surface area (Å²) in [5.74, 6) is 0.553. The van der Waals surface area contributed by atoms with Crippen LogP contribution in [0.3, 0.4) is 0 Å². The molecule has 3 rings (SSSR count). The zero-order chi connectivity index (χ0) is 18.8. The fourth-order valence-electron chi connectivity index (χ4n) is 2.48. The Kier molecular flexibility index (Phi) is 5.79. The molecule has 8 heteroatoms. The van der Waals surface area contributed by atoms with E-state index in [0.717, 1.165) is 10.9 Å². The summed E-state index contributed by atoms with van der Waals surface area (Å²) < 4.78 is 2.57. The van der Waals surface area contributed by atoms with E-state index in [9.17, 15) is 9.90 Å². The highest BCUT2D eigenvalue weighted by Crippen LogP contribution is 2.32. The normalized spacial score (nSPS) is 11.5. The average Bonchev–Trinajstić information content (AvgIpc) is 2.60. The molecular weight excluding hydrogens is 485 g/mol. The fraction of sp³-hybridized carbons (Fsp3) is 0.167. The third kappa shape index (κ3) is 3.84. The number of nitrogens with zero attached hydrogens (tertiary/aromatic N) is 3. The highest BCUT2D eigenvalue weighted by Gasteiger charge is 2.11. The lowest BCUT2D eigenvalue weighted by molar-refractivity contribution is 0.472. The minimum absolute atomic E-state index is 0.0372. The molecule has 0 amide bonds. The van der Waals surface area contributed by atoms with Gasteiger partial charge in [-0.15, -0.1) is 0 Å². The van der Waals surface area contributed by atoms with E-state index < -0.39 is 0 Å². The van der Waals surface area contributed by atoms with E-state index >= 15 is 0 Å². The van der Waals surface area contributed by atoms with Gasteiger partial charge in [-0.2, -0.15) is 9.78 Å². The van der Waals surface area contributed by atoms with Crippen molar-refractivity contribution >= 4 is 60.6 Å². The highest BCUT2D eigenvalue weighted by atomic mass is 79.9. The Hall–Kier alpha value is -1.70. The number of benzene rings is 2. The smallest absolute Gasteiger partial charge is 0.282 e. The number of hydrogen-bond acceptors (Lipinski definition) is 4. The van der Waals surface area contributed by atoms with Crippen LogP contribution in [-0.4, -0.2) is 21.0 Å². The summed E-state index contributed by atoms with van der Waals surface area (Å²) in [5, 5.41) is 14.7. The predicted octanol–water partition coefficient (Wildman–Crippen LogP) is 5.12. The Balaban J connectivity index is 2.15. The highest BCUT2D eigenvalue weighted by molar-refractivity contribution is 9.10. The monoisotopic (exact) mass is 497 g/mol. The van der Waals surface area contributed by atoms with Crippen LogP contribution in [0.1, 0.15) is 24.7 Å². The Morgan fingerprint density at radius 3 is 2.77 bits per heavy atom. The lowest BCUT2D eigenvalue weighted by Gasteiger charge is -2.09. The maximum Gasteiger partial charge on any atom is 0.282 e. The molecular formula is C18H14Br2ClN3O2. The molecule has 1 N–H and O–H groups in total. The maximum atomic E-state index is 12.9. The van der Waals surface area contributed by atoms with Gasteiger partial charge in [0.2, 0.25) is 0 Å². The van der Waals surface area contributed by atoms with Gasteiger partial charge >= 0.3 is 0 Å². The second kappa shape index (κ2) is 7.90. The molecule has 0 aliphatic carbocycles. The van der Waals surface area contributed by atoms with Gasteiger partial charge in [-0.1, -0.05) is 34.5 Å². The number of halogens is 3. The van der Waals surface area contributed by atoms with Crippen molar-refractivity contribution in [2.24, 2.45) is 5.10 Å².